The van der Waals surface area contributed by atoms with Crippen LogP contribution in [0.5, 0.6) is 0 Å². The molecule has 0 aliphatic carbocycles. The topological polar surface area (TPSA) is 79.8 Å². The summed E-state index contributed by atoms with van der Waals surface area (Å²) in [5.41, 5.74) is 2.68. The van der Waals surface area contributed by atoms with Gasteiger partial charge in [-0.2, -0.15) is 0 Å². The Bertz CT molecular complexity index is 1000. The molecule has 0 unspecified atom stereocenters. The highest BCUT2D eigenvalue weighted by molar-refractivity contribution is 6.31. The monoisotopic (exact) mass is 344 g/mol. The van der Waals surface area contributed by atoms with E-state index in [0.29, 0.717) is 27.6 Å². The summed E-state index contributed by atoms with van der Waals surface area (Å²) in [4.78, 5) is 32.3. The first-order chi connectivity index (χ1) is 11.3. The van der Waals surface area contributed by atoms with Crippen LogP contribution in [0.4, 0.5) is 5.69 Å². The molecule has 0 aliphatic rings. The van der Waals surface area contributed by atoms with Crippen LogP contribution in [0.2, 0.25) is 5.02 Å². The van der Waals surface area contributed by atoms with Crippen molar-refractivity contribution in [2.45, 2.75) is 27.3 Å². The molecular weight excluding hydrogens is 328 g/mol. The minimum atomic E-state index is -0.307. The lowest BCUT2D eigenvalue weighted by atomic mass is 10.2. The molecule has 0 spiro atoms. The predicted molar refractivity (Wildman–Crippen MR) is 94.6 cm³/mol. The zero-order valence-corrected chi connectivity index (χ0v) is 14.4. The molecule has 24 heavy (non-hydrogen) atoms. The third kappa shape index (κ3) is 3.05. The molecule has 2 aromatic heterocycles. The number of carbonyl (C=O) groups excluding carboxylic acids is 1. The third-order valence-corrected chi connectivity index (χ3v) is 4.08. The van der Waals surface area contributed by atoms with Crippen LogP contribution >= 0.6 is 11.6 Å². The zero-order valence-electron chi connectivity index (χ0n) is 13.6. The number of H-pyrrole nitrogens is 1. The molecule has 2 N–H and O–H groups in total. The number of halogens is 1. The summed E-state index contributed by atoms with van der Waals surface area (Å²) in [6, 6.07) is 7.00. The number of anilines is 1. The Morgan fingerprint density at radius 1 is 1.29 bits per heavy atom. The van der Waals surface area contributed by atoms with Gasteiger partial charge in [-0.15, -0.1) is 0 Å². The van der Waals surface area contributed by atoms with Gasteiger partial charge in [0.2, 0.25) is 5.91 Å². The summed E-state index contributed by atoms with van der Waals surface area (Å²) >= 11 is 5.96. The molecule has 0 aliphatic heterocycles. The van der Waals surface area contributed by atoms with E-state index in [0.717, 1.165) is 11.3 Å². The summed E-state index contributed by atoms with van der Waals surface area (Å²) in [5, 5.41) is 3.80. The second-order valence-electron chi connectivity index (χ2n) is 5.77. The van der Waals surface area contributed by atoms with Crippen LogP contribution in [0.25, 0.3) is 11.0 Å². The van der Waals surface area contributed by atoms with Crippen LogP contribution < -0.4 is 10.9 Å². The highest BCUT2D eigenvalue weighted by Gasteiger charge is 2.14. The van der Waals surface area contributed by atoms with Crippen LogP contribution in [0.3, 0.4) is 0 Å². The van der Waals surface area contributed by atoms with Crippen molar-refractivity contribution in [1.82, 2.24) is 14.5 Å². The fourth-order valence-corrected chi connectivity index (χ4v) is 2.76. The Kier molecular flexibility index (Phi) is 4.15. The number of hydrogen-bond acceptors (Lipinski definition) is 3. The lowest BCUT2D eigenvalue weighted by molar-refractivity contribution is -0.116. The molecule has 0 saturated heterocycles. The summed E-state index contributed by atoms with van der Waals surface area (Å²) in [6.07, 6.45) is 0. The fraction of sp³-hybridized carbons (Fsp3) is 0.235. The maximum Gasteiger partial charge on any atom is 0.263 e. The molecule has 3 rings (SSSR count). The third-order valence-electron chi connectivity index (χ3n) is 3.85. The van der Waals surface area contributed by atoms with Crippen LogP contribution in [0.15, 0.2) is 29.1 Å². The average Bonchev–Trinajstić information content (AvgIpc) is 2.88. The fourth-order valence-electron chi connectivity index (χ4n) is 2.59. The van der Waals surface area contributed by atoms with Crippen LogP contribution in [0.1, 0.15) is 17.1 Å². The number of amides is 1. The quantitative estimate of drug-likeness (QED) is 0.766. The molecule has 6 nitrogen and oxygen atoms in total. The molecule has 7 heteroatoms. The second-order valence-corrected chi connectivity index (χ2v) is 6.21. The first kappa shape index (κ1) is 16.3. The number of hydrogen-bond donors (Lipinski definition) is 2. The maximum atomic E-state index is 12.6. The minimum Gasteiger partial charge on any atom is -0.343 e. The number of rotatable bonds is 3. The molecule has 0 saturated carbocycles. The van der Waals surface area contributed by atoms with Gasteiger partial charge in [-0.05, 0) is 44.5 Å². The number of fused-ring (bicyclic) bond motifs is 1. The number of benzene rings is 1. The Morgan fingerprint density at radius 3 is 2.79 bits per heavy atom. The van der Waals surface area contributed by atoms with Crippen molar-refractivity contribution < 1.29 is 4.79 Å². The highest BCUT2D eigenvalue weighted by Crippen LogP contribution is 2.20. The van der Waals surface area contributed by atoms with E-state index >= 15 is 0 Å². The molecule has 0 fully saturated rings. The van der Waals surface area contributed by atoms with Crippen LogP contribution in [-0.4, -0.2) is 20.4 Å². The van der Waals surface area contributed by atoms with Crippen molar-refractivity contribution in [1.29, 1.82) is 0 Å². The summed E-state index contributed by atoms with van der Waals surface area (Å²) in [7, 11) is 0. The molecule has 124 valence electrons. The van der Waals surface area contributed by atoms with Gasteiger partial charge in [-0.1, -0.05) is 17.7 Å². The minimum absolute atomic E-state index is 0.107. The molecule has 1 amide bonds. The van der Waals surface area contributed by atoms with Crippen molar-refractivity contribution in [3.63, 3.8) is 0 Å². The largest absolute Gasteiger partial charge is 0.343 e. The van der Waals surface area contributed by atoms with Crippen molar-refractivity contribution in [3.8, 4) is 0 Å². The summed E-state index contributed by atoms with van der Waals surface area (Å²) in [5.74, 6) is 0.172. The number of nitrogens with one attached hydrogen (secondary N) is 2. The maximum absolute atomic E-state index is 12.6. The van der Waals surface area contributed by atoms with Gasteiger partial charge in [-0.25, -0.2) is 4.98 Å². The Hall–Kier alpha value is -2.60. The highest BCUT2D eigenvalue weighted by atomic mass is 35.5. The standard InChI is InChI=1S/C17H17ClN4O2/c1-9-4-5-12(18)7-14(9)21-15(23)8-22-11(3)20-16-13(17(22)24)6-10(2)19-16/h4-7,19H,8H2,1-3H3,(H,21,23). The zero-order chi connectivity index (χ0) is 17.4. The van der Waals surface area contributed by atoms with Gasteiger partial charge >= 0.3 is 0 Å². The van der Waals surface area contributed by atoms with Gasteiger partial charge in [0.05, 0.1) is 5.39 Å². The Balaban J connectivity index is 1.90. The van der Waals surface area contributed by atoms with E-state index < -0.39 is 0 Å². The van der Waals surface area contributed by atoms with E-state index in [1.807, 2.05) is 19.9 Å². The van der Waals surface area contributed by atoms with E-state index in [2.05, 4.69) is 15.3 Å². The number of nitrogens with zero attached hydrogens (tertiary/aromatic N) is 2. The van der Waals surface area contributed by atoms with Crippen LogP contribution in [-0.2, 0) is 11.3 Å². The lowest BCUT2D eigenvalue weighted by Crippen LogP contribution is -2.30. The van der Waals surface area contributed by atoms with E-state index in [1.54, 1.807) is 25.1 Å². The van der Waals surface area contributed by atoms with Crippen molar-refractivity contribution in [3.05, 3.63) is 56.7 Å². The second kappa shape index (κ2) is 6.13. The normalized spacial score (nSPS) is 11.0. The molecule has 2 heterocycles. The Labute approximate surface area is 143 Å². The van der Waals surface area contributed by atoms with Crippen molar-refractivity contribution in [2.75, 3.05) is 5.32 Å². The van der Waals surface area contributed by atoms with Gasteiger partial charge in [-0.3, -0.25) is 14.2 Å². The van der Waals surface area contributed by atoms with Gasteiger partial charge in [0.1, 0.15) is 18.0 Å². The SMILES string of the molecule is Cc1cc2c(=O)n(CC(=O)Nc3cc(Cl)ccc3C)c(C)nc2[nH]1. The van der Waals surface area contributed by atoms with Gasteiger partial charge < -0.3 is 10.3 Å². The van der Waals surface area contributed by atoms with Crippen molar-refractivity contribution in [2.24, 2.45) is 0 Å². The van der Waals surface area contributed by atoms with Gasteiger partial charge in [0.25, 0.3) is 5.56 Å². The molecule has 1 aromatic carbocycles. The van der Waals surface area contributed by atoms with E-state index in [1.165, 1.54) is 4.57 Å². The average molecular weight is 345 g/mol. The van der Waals surface area contributed by atoms with Gasteiger partial charge in [0.15, 0.2) is 0 Å². The van der Waals surface area contributed by atoms with E-state index in [4.69, 9.17) is 11.6 Å². The molecule has 0 radical (unpaired) electrons. The number of aromatic nitrogens is 3. The van der Waals surface area contributed by atoms with Crippen LogP contribution in [0, 0.1) is 20.8 Å². The number of carbonyl (C=O) groups is 1. The molecule has 0 atom stereocenters. The Morgan fingerprint density at radius 2 is 2.04 bits per heavy atom. The van der Waals surface area contributed by atoms with E-state index in [-0.39, 0.29) is 18.0 Å². The van der Waals surface area contributed by atoms with E-state index in [9.17, 15) is 9.59 Å². The summed E-state index contributed by atoms with van der Waals surface area (Å²) in [6.45, 7) is 5.33. The lowest BCUT2D eigenvalue weighted by Gasteiger charge is -2.11. The molecule has 3 aromatic rings. The molecule has 0 bridgehead atoms. The van der Waals surface area contributed by atoms with Gasteiger partial charge in [0, 0.05) is 16.4 Å². The first-order valence-corrected chi connectivity index (χ1v) is 7.85. The molecular formula is C17H17ClN4O2. The number of aromatic amines is 1. The van der Waals surface area contributed by atoms with Crippen molar-refractivity contribution >= 4 is 34.2 Å². The summed E-state index contributed by atoms with van der Waals surface area (Å²) < 4.78 is 1.37. The number of aryl methyl sites for hydroxylation is 3. The first-order valence-electron chi connectivity index (χ1n) is 7.48. The predicted octanol–water partition coefficient (Wildman–Crippen LogP) is 2.94. The smallest absolute Gasteiger partial charge is 0.263 e.